The molecule has 1 fully saturated rings. The van der Waals surface area contributed by atoms with Crippen molar-refractivity contribution in [3.8, 4) is 0 Å². The van der Waals surface area contributed by atoms with Crippen molar-refractivity contribution in [2.24, 2.45) is 16.6 Å². The van der Waals surface area contributed by atoms with Gasteiger partial charge in [-0.25, -0.2) is 4.98 Å². The lowest BCUT2D eigenvalue weighted by molar-refractivity contribution is -0.122. The number of anilines is 1. The van der Waals surface area contributed by atoms with Gasteiger partial charge in [0, 0.05) is 55.8 Å². The van der Waals surface area contributed by atoms with Gasteiger partial charge in [0.1, 0.15) is 5.82 Å². The first-order valence-electron chi connectivity index (χ1n) is 10.0. The monoisotopic (exact) mass is 414 g/mol. The lowest BCUT2D eigenvalue weighted by Crippen LogP contribution is -2.42. The Kier molecular flexibility index (Phi) is 7.46. The number of nitrogens with zero attached hydrogens (tertiary/aromatic N) is 3. The predicted octanol–water partition coefficient (Wildman–Crippen LogP) is 2.31. The molecule has 1 aliphatic heterocycles. The van der Waals surface area contributed by atoms with Crippen molar-refractivity contribution in [1.29, 1.82) is 0 Å². The molecule has 3 rings (SSSR count). The zero-order valence-corrected chi connectivity index (χ0v) is 17.9. The summed E-state index contributed by atoms with van der Waals surface area (Å²) in [6.45, 7) is 5.14. The number of aromatic nitrogens is 1. The average molecular weight is 415 g/mol. The van der Waals surface area contributed by atoms with Crippen LogP contribution in [0, 0.1) is 5.92 Å². The number of carbonyl (C=O) groups excluding carboxylic acids is 1. The highest BCUT2D eigenvalue weighted by Gasteiger charge is 2.26. The quantitative estimate of drug-likeness (QED) is 0.477. The molecule has 0 saturated carbocycles. The van der Waals surface area contributed by atoms with Crippen LogP contribution in [-0.2, 0) is 11.3 Å². The summed E-state index contributed by atoms with van der Waals surface area (Å²) < 4.78 is 0. The summed E-state index contributed by atoms with van der Waals surface area (Å²) in [7, 11) is 1.78. The van der Waals surface area contributed by atoms with E-state index in [1.165, 1.54) is 4.88 Å². The maximum absolute atomic E-state index is 11.6. The molecule has 7 nitrogen and oxygen atoms in total. The fraction of sp³-hybridized carbons (Fsp3) is 0.476. The fourth-order valence-corrected chi connectivity index (χ4v) is 4.36. The van der Waals surface area contributed by atoms with Crippen LogP contribution in [0.3, 0.4) is 0 Å². The van der Waals surface area contributed by atoms with Gasteiger partial charge in [-0.15, -0.1) is 11.3 Å². The zero-order chi connectivity index (χ0) is 20.6. The second kappa shape index (κ2) is 10.2. The molecule has 2 aromatic rings. The van der Waals surface area contributed by atoms with Crippen molar-refractivity contribution in [2.75, 3.05) is 31.6 Å². The minimum atomic E-state index is -0.227. The van der Waals surface area contributed by atoms with E-state index in [1.807, 2.05) is 6.07 Å². The van der Waals surface area contributed by atoms with Gasteiger partial charge in [-0.1, -0.05) is 19.1 Å². The number of hydrogen-bond donors (Lipinski definition) is 3. The third-order valence-corrected chi connectivity index (χ3v) is 6.37. The molecule has 29 heavy (non-hydrogen) atoms. The topological polar surface area (TPSA) is 95.6 Å². The van der Waals surface area contributed by atoms with E-state index in [0.717, 1.165) is 43.3 Å². The van der Waals surface area contributed by atoms with Crippen molar-refractivity contribution in [2.45, 2.75) is 32.2 Å². The molecule has 2 aromatic heterocycles. The van der Waals surface area contributed by atoms with Gasteiger partial charge < -0.3 is 21.3 Å². The second-order valence-electron chi connectivity index (χ2n) is 7.40. The van der Waals surface area contributed by atoms with E-state index < -0.39 is 0 Å². The summed E-state index contributed by atoms with van der Waals surface area (Å²) in [6.07, 6.45) is 3.59. The van der Waals surface area contributed by atoms with E-state index in [4.69, 9.17) is 5.73 Å². The van der Waals surface area contributed by atoms with Crippen LogP contribution >= 0.6 is 11.3 Å². The van der Waals surface area contributed by atoms with Gasteiger partial charge >= 0.3 is 0 Å². The van der Waals surface area contributed by atoms with Gasteiger partial charge in [-0.2, -0.15) is 0 Å². The predicted molar refractivity (Wildman–Crippen MR) is 119 cm³/mol. The highest BCUT2D eigenvalue weighted by Crippen LogP contribution is 2.24. The highest BCUT2D eigenvalue weighted by atomic mass is 32.1. The molecule has 8 heteroatoms. The van der Waals surface area contributed by atoms with Crippen LogP contribution in [0.1, 0.15) is 36.1 Å². The van der Waals surface area contributed by atoms with Gasteiger partial charge in [-0.05, 0) is 30.4 Å². The number of pyridine rings is 1. The summed E-state index contributed by atoms with van der Waals surface area (Å²) in [6, 6.07) is 8.24. The molecule has 156 valence electrons. The summed E-state index contributed by atoms with van der Waals surface area (Å²) in [5.74, 6) is 1.75. The van der Waals surface area contributed by atoms with E-state index in [1.54, 1.807) is 24.6 Å². The number of piperidine rings is 1. The smallest absolute Gasteiger partial charge is 0.222 e. The van der Waals surface area contributed by atoms with E-state index in [9.17, 15) is 4.79 Å². The summed E-state index contributed by atoms with van der Waals surface area (Å²) in [5, 5.41) is 8.89. The lowest BCUT2D eigenvalue weighted by atomic mass is 9.97. The van der Waals surface area contributed by atoms with Crippen LogP contribution in [0.5, 0.6) is 0 Å². The van der Waals surface area contributed by atoms with E-state index in [2.05, 4.69) is 56.0 Å². The first-order valence-corrected chi connectivity index (χ1v) is 10.9. The average Bonchev–Trinajstić information content (AvgIpc) is 3.29. The Hall–Kier alpha value is -2.61. The first-order chi connectivity index (χ1) is 14.1. The van der Waals surface area contributed by atoms with E-state index >= 15 is 0 Å². The number of carbonyl (C=O) groups is 1. The molecule has 0 radical (unpaired) electrons. The minimum Gasteiger partial charge on any atom is -0.369 e. The highest BCUT2D eigenvalue weighted by molar-refractivity contribution is 7.10. The van der Waals surface area contributed by atoms with E-state index in [0.29, 0.717) is 19.0 Å². The number of hydrogen-bond acceptors (Lipinski definition) is 5. The molecule has 2 unspecified atom stereocenters. The van der Waals surface area contributed by atoms with Crippen molar-refractivity contribution >= 4 is 29.0 Å². The molecule has 3 heterocycles. The van der Waals surface area contributed by atoms with E-state index in [-0.39, 0.29) is 11.8 Å². The van der Waals surface area contributed by atoms with Crippen LogP contribution < -0.4 is 21.3 Å². The third kappa shape index (κ3) is 5.69. The van der Waals surface area contributed by atoms with Crippen LogP contribution in [0.15, 0.2) is 40.8 Å². The third-order valence-electron chi connectivity index (χ3n) is 5.27. The van der Waals surface area contributed by atoms with Crippen LogP contribution in [0.25, 0.3) is 0 Å². The number of amides is 1. The Labute approximate surface area is 176 Å². The summed E-state index contributed by atoms with van der Waals surface area (Å²) in [4.78, 5) is 24.1. The number of rotatable bonds is 7. The number of primary amides is 1. The van der Waals surface area contributed by atoms with Crippen LogP contribution in [-0.4, -0.2) is 43.5 Å². The molecule has 2 atom stereocenters. The second-order valence-corrected chi connectivity index (χ2v) is 8.38. The van der Waals surface area contributed by atoms with Gasteiger partial charge in [-0.3, -0.25) is 9.79 Å². The molecule has 1 saturated heterocycles. The molecule has 0 aromatic carbocycles. The number of nitrogens with two attached hydrogens (primary N) is 1. The standard InChI is InChI=1S/C21H30N6OS/c1-15(18-8-5-11-29-18)12-25-21(23-2)26-13-16-6-3-9-24-20(16)27-10-4-7-17(14-27)19(22)28/h3,5-6,8-9,11,15,17H,4,7,10,12-14H2,1-2H3,(H2,22,28)(H2,23,25,26). The maximum atomic E-state index is 11.6. The lowest BCUT2D eigenvalue weighted by Gasteiger charge is -2.33. The molecule has 1 amide bonds. The molecule has 0 spiro atoms. The Morgan fingerprint density at radius 2 is 2.28 bits per heavy atom. The summed E-state index contributed by atoms with van der Waals surface area (Å²) in [5.41, 5.74) is 6.61. The Morgan fingerprint density at radius 1 is 1.41 bits per heavy atom. The van der Waals surface area contributed by atoms with Gasteiger partial charge in [0.25, 0.3) is 0 Å². The zero-order valence-electron chi connectivity index (χ0n) is 17.1. The molecule has 1 aliphatic rings. The summed E-state index contributed by atoms with van der Waals surface area (Å²) >= 11 is 1.77. The SMILES string of the molecule is CN=C(NCc1cccnc1N1CCCC(C(N)=O)C1)NCC(C)c1cccs1. The maximum Gasteiger partial charge on any atom is 0.222 e. The van der Waals surface area contributed by atoms with Crippen molar-refractivity contribution in [3.63, 3.8) is 0 Å². The largest absolute Gasteiger partial charge is 0.369 e. The number of thiophene rings is 1. The molecule has 4 N–H and O–H groups in total. The Morgan fingerprint density at radius 3 is 3.00 bits per heavy atom. The minimum absolute atomic E-state index is 0.111. The molecule has 0 bridgehead atoms. The number of guanidine groups is 1. The van der Waals surface area contributed by atoms with Gasteiger partial charge in [0.05, 0.1) is 5.92 Å². The molecule has 0 aliphatic carbocycles. The Bertz CT molecular complexity index is 822. The first kappa shape index (κ1) is 21.1. The number of aliphatic imine (C=N–C) groups is 1. The normalized spacial score (nSPS) is 18.3. The van der Waals surface area contributed by atoms with Crippen molar-refractivity contribution < 1.29 is 4.79 Å². The molecular formula is C21H30N6OS. The van der Waals surface area contributed by atoms with Gasteiger partial charge in [0.2, 0.25) is 5.91 Å². The van der Waals surface area contributed by atoms with Crippen molar-refractivity contribution in [3.05, 3.63) is 46.3 Å². The van der Waals surface area contributed by atoms with Crippen LogP contribution in [0.4, 0.5) is 5.82 Å². The van der Waals surface area contributed by atoms with Crippen molar-refractivity contribution in [1.82, 2.24) is 15.6 Å². The Balaban J connectivity index is 1.59. The molecular weight excluding hydrogens is 384 g/mol. The number of nitrogens with one attached hydrogen (secondary N) is 2. The fourth-order valence-electron chi connectivity index (χ4n) is 3.58. The van der Waals surface area contributed by atoms with Gasteiger partial charge in [0.15, 0.2) is 5.96 Å². The van der Waals surface area contributed by atoms with Crippen LogP contribution in [0.2, 0.25) is 0 Å².